The first-order chi connectivity index (χ1) is 15.5. The lowest BCUT2D eigenvalue weighted by Crippen LogP contribution is -2.32. The number of benzene rings is 3. The first-order valence-corrected chi connectivity index (χ1v) is 10.7. The van der Waals surface area contributed by atoms with Crippen LogP contribution in [-0.4, -0.2) is 23.8 Å². The molecule has 0 spiro atoms. The van der Waals surface area contributed by atoms with Gasteiger partial charge in [0.05, 0.1) is 19.2 Å². The van der Waals surface area contributed by atoms with E-state index >= 15 is 0 Å². The van der Waals surface area contributed by atoms with Crippen LogP contribution in [0.15, 0.2) is 78.5 Å². The largest absolute Gasteiger partial charge is 0.497 e. The lowest BCUT2D eigenvalue weighted by atomic mass is 10.0. The van der Waals surface area contributed by atoms with Crippen molar-refractivity contribution in [3.63, 3.8) is 0 Å². The van der Waals surface area contributed by atoms with Crippen LogP contribution in [0.5, 0.6) is 5.75 Å². The Kier molecular flexibility index (Phi) is 6.08. The van der Waals surface area contributed by atoms with Crippen LogP contribution in [0.4, 0.5) is 5.69 Å². The first-order valence-electron chi connectivity index (χ1n) is 10.7. The Morgan fingerprint density at radius 2 is 1.44 bits per heavy atom. The zero-order valence-corrected chi connectivity index (χ0v) is 18.5. The average Bonchev–Trinajstić information content (AvgIpc) is 3.05. The molecule has 1 N–H and O–H groups in total. The van der Waals surface area contributed by atoms with Crippen LogP contribution in [0.2, 0.25) is 0 Å². The Morgan fingerprint density at radius 1 is 0.812 bits per heavy atom. The number of nitrogens with one attached hydrogen (secondary N) is 1. The number of amides is 2. The number of carbonyl (C=O) groups is 2. The zero-order valence-electron chi connectivity index (χ0n) is 18.5. The van der Waals surface area contributed by atoms with Crippen LogP contribution >= 0.6 is 0 Å². The van der Waals surface area contributed by atoms with E-state index in [-0.39, 0.29) is 18.4 Å². The fourth-order valence-electron chi connectivity index (χ4n) is 3.71. The van der Waals surface area contributed by atoms with Crippen LogP contribution in [0.1, 0.15) is 29.2 Å². The van der Waals surface area contributed by atoms with Gasteiger partial charge in [-0.15, -0.1) is 0 Å². The predicted octanol–water partition coefficient (Wildman–Crippen LogP) is 4.96. The predicted molar refractivity (Wildman–Crippen MR) is 126 cm³/mol. The van der Waals surface area contributed by atoms with E-state index in [1.807, 2.05) is 79.7 Å². The fraction of sp³-hybridized carbons (Fsp3) is 0.185. The summed E-state index contributed by atoms with van der Waals surface area (Å²) in [5, 5.41) is 3.22. The molecule has 5 nitrogen and oxygen atoms in total. The minimum atomic E-state index is -0.332. The van der Waals surface area contributed by atoms with Gasteiger partial charge in [-0.3, -0.25) is 14.5 Å². The number of hydrogen-bond donors (Lipinski definition) is 1. The highest BCUT2D eigenvalue weighted by Crippen LogP contribution is 2.32. The molecule has 5 heteroatoms. The van der Waals surface area contributed by atoms with Crippen molar-refractivity contribution in [1.29, 1.82) is 0 Å². The summed E-state index contributed by atoms with van der Waals surface area (Å²) in [7, 11) is 1.60. The number of anilines is 1. The second kappa shape index (κ2) is 9.10. The van der Waals surface area contributed by atoms with Gasteiger partial charge < -0.3 is 10.1 Å². The van der Waals surface area contributed by atoms with E-state index < -0.39 is 0 Å². The summed E-state index contributed by atoms with van der Waals surface area (Å²) < 4.78 is 5.20. The summed E-state index contributed by atoms with van der Waals surface area (Å²) in [4.78, 5) is 28.1. The molecule has 1 heterocycles. The molecular weight excluding hydrogens is 400 g/mol. The zero-order chi connectivity index (χ0) is 22.7. The van der Waals surface area contributed by atoms with Crippen LogP contribution in [0, 0.1) is 6.92 Å². The quantitative estimate of drug-likeness (QED) is 0.543. The van der Waals surface area contributed by atoms with Gasteiger partial charge in [-0.05, 0) is 54.3 Å². The van der Waals surface area contributed by atoms with Crippen molar-refractivity contribution in [3.8, 4) is 5.75 Å². The molecule has 3 aromatic carbocycles. The maximum atomic E-state index is 13.4. The monoisotopic (exact) mass is 426 g/mol. The van der Waals surface area contributed by atoms with Gasteiger partial charge in [0.2, 0.25) is 0 Å². The van der Waals surface area contributed by atoms with Gasteiger partial charge in [0.1, 0.15) is 11.4 Å². The Bertz CT molecular complexity index is 1160. The first kappa shape index (κ1) is 21.4. The normalized spacial score (nSPS) is 13.7. The Morgan fingerprint density at radius 3 is 2.03 bits per heavy atom. The number of aryl methyl sites for hydroxylation is 2. The van der Waals surface area contributed by atoms with Crippen molar-refractivity contribution in [2.24, 2.45) is 0 Å². The number of hydrogen-bond acceptors (Lipinski definition) is 4. The molecule has 32 heavy (non-hydrogen) atoms. The summed E-state index contributed by atoms with van der Waals surface area (Å²) in [5.74, 6) is 0.0903. The van der Waals surface area contributed by atoms with E-state index in [2.05, 4.69) is 12.2 Å². The van der Waals surface area contributed by atoms with E-state index in [0.717, 1.165) is 34.5 Å². The molecule has 0 aliphatic carbocycles. The number of nitrogens with zero attached hydrogens (tertiary/aromatic N) is 1. The number of ether oxygens (including phenoxy) is 1. The van der Waals surface area contributed by atoms with Crippen LogP contribution < -0.4 is 10.1 Å². The topological polar surface area (TPSA) is 58.6 Å². The molecule has 0 atom stereocenters. The van der Waals surface area contributed by atoms with Crippen LogP contribution in [-0.2, 0) is 22.6 Å². The summed E-state index contributed by atoms with van der Waals surface area (Å²) in [5.41, 5.74) is 5.33. The number of methoxy groups -OCH3 is 1. The van der Waals surface area contributed by atoms with Gasteiger partial charge >= 0.3 is 0 Å². The third-order valence-electron chi connectivity index (χ3n) is 5.64. The summed E-state index contributed by atoms with van der Waals surface area (Å²) in [6.07, 6.45) is 0.935. The highest BCUT2D eigenvalue weighted by Gasteiger charge is 2.39. The molecule has 0 radical (unpaired) electrons. The average molecular weight is 427 g/mol. The molecule has 162 valence electrons. The SMILES string of the molecule is CCc1ccc(NC2=C(c3ccc(C)cc3)C(=O)N(Cc3ccc(OC)cc3)C2=O)cc1. The molecule has 0 aromatic heterocycles. The number of imide groups is 1. The van der Waals surface area contributed by atoms with E-state index in [1.54, 1.807) is 7.11 Å². The minimum absolute atomic E-state index is 0.191. The molecule has 2 amide bonds. The molecule has 1 aliphatic rings. The molecular formula is C27H26N2O3. The van der Waals surface area contributed by atoms with Crippen LogP contribution in [0.3, 0.4) is 0 Å². The Labute approximate surface area is 188 Å². The van der Waals surface area contributed by atoms with E-state index in [1.165, 1.54) is 10.5 Å². The summed E-state index contributed by atoms with van der Waals surface area (Å²) in [6.45, 7) is 4.28. The fourth-order valence-corrected chi connectivity index (χ4v) is 3.71. The van der Waals surface area contributed by atoms with Crippen molar-refractivity contribution < 1.29 is 14.3 Å². The molecule has 0 bridgehead atoms. The Balaban J connectivity index is 1.69. The van der Waals surface area contributed by atoms with Gasteiger partial charge in [0, 0.05) is 5.69 Å². The Hall–Kier alpha value is -3.86. The summed E-state index contributed by atoms with van der Waals surface area (Å²) >= 11 is 0. The van der Waals surface area contributed by atoms with Crippen molar-refractivity contribution in [2.75, 3.05) is 12.4 Å². The third kappa shape index (κ3) is 4.28. The van der Waals surface area contributed by atoms with Gasteiger partial charge in [-0.1, -0.05) is 61.0 Å². The van der Waals surface area contributed by atoms with Crippen molar-refractivity contribution in [1.82, 2.24) is 4.90 Å². The molecule has 0 saturated carbocycles. The second-order valence-electron chi connectivity index (χ2n) is 7.84. The lowest BCUT2D eigenvalue weighted by molar-refractivity contribution is -0.137. The van der Waals surface area contributed by atoms with Gasteiger partial charge in [0.25, 0.3) is 11.8 Å². The van der Waals surface area contributed by atoms with E-state index in [4.69, 9.17) is 4.74 Å². The van der Waals surface area contributed by atoms with Crippen molar-refractivity contribution in [3.05, 3.63) is 101 Å². The van der Waals surface area contributed by atoms with E-state index in [0.29, 0.717) is 11.3 Å². The lowest BCUT2D eigenvalue weighted by Gasteiger charge is -2.16. The molecule has 0 fully saturated rings. The van der Waals surface area contributed by atoms with E-state index in [9.17, 15) is 9.59 Å². The molecule has 4 rings (SSSR count). The highest BCUT2D eigenvalue weighted by molar-refractivity contribution is 6.36. The van der Waals surface area contributed by atoms with Gasteiger partial charge in [-0.25, -0.2) is 0 Å². The minimum Gasteiger partial charge on any atom is -0.497 e. The molecule has 0 unspecified atom stereocenters. The van der Waals surface area contributed by atoms with Crippen molar-refractivity contribution in [2.45, 2.75) is 26.8 Å². The molecule has 0 saturated heterocycles. The third-order valence-corrected chi connectivity index (χ3v) is 5.64. The van der Waals surface area contributed by atoms with Crippen LogP contribution in [0.25, 0.3) is 5.57 Å². The highest BCUT2D eigenvalue weighted by atomic mass is 16.5. The smallest absolute Gasteiger partial charge is 0.278 e. The standard InChI is InChI=1S/C27H26N2O3/c1-4-19-7-13-22(14-8-19)28-25-24(21-11-5-18(2)6-12-21)26(30)29(27(25)31)17-20-9-15-23(32-3)16-10-20/h5-16,28H,4,17H2,1-3H3. The second-order valence-corrected chi connectivity index (χ2v) is 7.84. The molecule has 1 aliphatic heterocycles. The summed E-state index contributed by atoms with van der Waals surface area (Å²) in [6, 6.07) is 22.9. The van der Waals surface area contributed by atoms with Gasteiger partial charge in [-0.2, -0.15) is 0 Å². The van der Waals surface area contributed by atoms with Crippen molar-refractivity contribution >= 4 is 23.1 Å². The van der Waals surface area contributed by atoms with Gasteiger partial charge in [0.15, 0.2) is 0 Å². The molecule has 3 aromatic rings. The number of rotatable bonds is 7. The maximum absolute atomic E-state index is 13.4. The number of carbonyl (C=O) groups excluding carboxylic acids is 2. The maximum Gasteiger partial charge on any atom is 0.278 e.